The lowest BCUT2D eigenvalue weighted by molar-refractivity contribution is -0.119. The molecule has 0 rings (SSSR count). The van der Waals surface area contributed by atoms with Crippen LogP contribution in [0.5, 0.6) is 0 Å². The molecule has 0 bridgehead atoms. The van der Waals surface area contributed by atoms with Crippen molar-refractivity contribution in [3.63, 3.8) is 0 Å². The Bertz CT molecular complexity index is 195. The number of hydrogen-bond donors (Lipinski definition) is 2. The molecule has 0 aromatic heterocycles. The maximum atomic E-state index is 11.1. The minimum Gasteiger partial charge on any atom is -0.316 e. The van der Waals surface area contributed by atoms with E-state index >= 15 is 0 Å². The van der Waals surface area contributed by atoms with E-state index in [0.29, 0.717) is 6.42 Å². The molecule has 0 aliphatic rings. The number of carbonyl (C=O) groups excluding carboxylic acids is 1. The molecule has 0 spiro atoms. The van der Waals surface area contributed by atoms with E-state index in [1.54, 1.807) is 0 Å². The zero-order valence-corrected chi connectivity index (χ0v) is 12.8. The summed E-state index contributed by atoms with van der Waals surface area (Å²) in [5.74, 6) is 0.106. The van der Waals surface area contributed by atoms with Crippen LogP contribution in [0.4, 0.5) is 0 Å². The molecule has 0 amide bonds. The van der Waals surface area contributed by atoms with Crippen LogP contribution in [-0.4, -0.2) is 17.5 Å². The van der Waals surface area contributed by atoms with Crippen LogP contribution < -0.4 is 5.48 Å². The van der Waals surface area contributed by atoms with Crippen molar-refractivity contribution in [2.24, 2.45) is 0 Å². The number of hydrogen-bond acceptors (Lipinski definition) is 3. The molecule has 0 radical (unpaired) electrons. The highest BCUT2D eigenvalue weighted by atomic mass is 16.5. The van der Waals surface area contributed by atoms with Gasteiger partial charge in [0.15, 0.2) is 0 Å². The fourth-order valence-corrected chi connectivity index (χ4v) is 2.34. The van der Waals surface area contributed by atoms with Gasteiger partial charge in [-0.1, -0.05) is 77.6 Å². The molecule has 0 aromatic carbocycles. The average molecular weight is 271 g/mol. The molecular formula is C16H33NO2. The summed E-state index contributed by atoms with van der Waals surface area (Å²) in [6.45, 7) is 2.35. The van der Waals surface area contributed by atoms with Gasteiger partial charge >= 0.3 is 0 Å². The van der Waals surface area contributed by atoms with Crippen LogP contribution in [0, 0.1) is 0 Å². The smallest absolute Gasteiger partial charge is 0.148 e. The second kappa shape index (κ2) is 15.6. The summed E-state index contributed by atoms with van der Waals surface area (Å²) >= 11 is 0. The molecule has 0 aliphatic heterocycles. The van der Waals surface area contributed by atoms with E-state index in [1.807, 2.05) is 5.48 Å². The van der Waals surface area contributed by atoms with Gasteiger partial charge in [0.2, 0.25) is 0 Å². The van der Waals surface area contributed by atoms with Crippen LogP contribution in [0.3, 0.4) is 0 Å². The Morgan fingerprint density at radius 2 is 1.21 bits per heavy atom. The van der Waals surface area contributed by atoms with Crippen molar-refractivity contribution < 1.29 is 10.0 Å². The van der Waals surface area contributed by atoms with Gasteiger partial charge in [-0.15, -0.1) is 0 Å². The standard InChI is InChI=1S/C16H33NO2/c1-2-3-4-5-6-7-8-9-10-11-12-13-14-16(18)15-17-19/h17,19H,2-15H2,1H3. The minimum absolute atomic E-state index is 0.0953. The first kappa shape index (κ1) is 18.6. The first-order valence-electron chi connectivity index (χ1n) is 8.20. The highest BCUT2D eigenvalue weighted by molar-refractivity contribution is 5.80. The third-order valence-electron chi connectivity index (χ3n) is 3.59. The van der Waals surface area contributed by atoms with Gasteiger partial charge in [-0.3, -0.25) is 4.79 Å². The topological polar surface area (TPSA) is 49.3 Å². The molecule has 0 aromatic rings. The molecule has 2 N–H and O–H groups in total. The number of ketones is 1. The quantitative estimate of drug-likeness (QED) is 0.337. The van der Waals surface area contributed by atoms with Crippen molar-refractivity contribution >= 4 is 5.78 Å². The number of hydroxylamine groups is 1. The summed E-state index contributed by atoms with van der Waals surface area (Å²) in [7, 11) is 0. The Labute approximate surface area is 119 Å². The number of carbonyl (C=O) groups is 1. The van der Waals surface area contributed by atoms with Crippen LogP contribution in [0.15, 0.2) is 0 Å². The zero-order chi connectivity index (χ0) is 14.2. The Morgan fingerprint density at radius 3 is 1.63 bits per heavy atom. The molecule has 0 unspecified atom stereocenters. The van der Waals surface area contributed by atoms with Crippen molar-refractivity contribution in [1.29, 1.82) is 0 Å². The summed E-state index contributed by atoms with van der Waals surface area (Å²) in [5, 5.41) is 8.36. The van der Waals surface area contributed by atoms with Crippen molar-refractivity contribution in [3.8, 4) is 0 Å². The Balaban J connectivity index is 3.01. The predicted octanol–water partition coefficient (Wildman–Crippen LogP) is 4.63. The van der Waals surface area contributed by atoms with Gasteiger partial charge in [-0.2, -0.15) is 5.48 Å². The van der Waals surface area contributed by atoms with E-state index in [1.165, 1.54) is 64.2 Å². The lowest BCUT2D eigenvalue weighted by Gasteiger charge is -2.02. The number of rotatable bonds is 15. The van der Waals surface area contributed by atoms with Crippen LogP contribution >= 0.6 is 0 Å². The first-order valence-corrected chi connectivity index (χ1v) is 8.20. The summed E-state index contributed by atoms with van der Waals surface area (Å²) in [5.41, 5.74) is 1.91. The van der Waals surface area contributed by atoms with Gasteiger partial charge in [0.05, 0.1) is 6.54 Å². The van der Waals surface area contributed by atoms with E-state index in [4.69, 9.17) is 5.21 Å². The van der Waals surface area contributed by atoms with Crippen LogP contribution in [-0.2, 0) is 4.79 Å². The van der Waals surface area contributed by atoms with Gasteiger partial charge in [0.25, 0.3) is 0 Å². The molecular weight excluding hydrogens is 238 g/mol. The monoisotopic (exact) mass is 271 g/mol. The van der Waals surface area contributed by atoms with Crippen LogP contribution in [0.1, 0.15) is 90.4 Å². The number of Topliss-reactive ketones (excluding diaryl/α,β-unsaturated/α-hetero) is 1. The van der Waals surface area contributed by atoms with E-state index in [0.717, 1.165) is 12.8 Å². The summed E-state index contributed by atoms with van der Waals surface area (Å²) in [6.07, 6.45) is 16.3. The Hall–Kier alpha value is -0.410. The number of unbranched alkanes of at least 4 members (excludes halogenated alkanes) is 11. The highest BCUT2D eigenvalue weighted by Gasteiger charge is 1.99. The zero-order valence-electron chi connectivity index (χ0n) is 12.8. The van der Waals surface area contributed by atoms with Crippen molar-refractivity contribution in [2.45, 2.75) is 90.4 Å². The first-order chi connectivity index (χ1) is 9.31. The predicted molar refractivity (Wildman–Crippen MR) is 80.5 cm³/mol. The average Bonchev–Trinajstić information content (AvgIpc) is 2.40. The molecule has 19 heavy (non-hydrogen) atoms. The largest absolute Gasteiger partial charge is 0.316 e. The molecule has 0 heterocycles. The fourth-order valence-electron chi connectivity index (χ4n) is 2.34. The van der Waals surface area contributed by atoms with Gasteiger partial charge in [-0.05, 0) is 6.42 Å². The molecule has 3 heteroatoms. The molecule has 114 valence electrons. The molecule has 3 nitrogen and oxygen atoms in total. The minimum atomic E-state index is 0.0953. The maximum Gasteiger partial charge on any atom is 0.148 e. The van der Waals surface area contributed by atoms with Crippen molar-refractivity contribution in [1.82, 2.24) is 5.48 Å². The van der Waals surface area contributed by atoms with Crippen LogP contribution in [0.2, 0.25) is 0 Å². The highest BCUT2D eigenvalue weighted by Crippen LogP contribution is 2.12. The summed E-state index contributed by atoms with van der Waals surface area (Å²) in [4.78, 5) is 11.1. The third-order valence-corrected chi connectivity index (χ3v) is 3.59. The van der Waals surface area contributed by atoms with E-state index in [-0.39, 0.29) is 12.3 Å². The van der Waals surface area contributed by atoms with E-state index in [2.05, 4.69) is 6.92 Å². The van der Waals surface area contributed by atoms with E-state index < -0.39 is 0 Å². The maximum absolute atomic E-state index is 11.1. The summed E-state index contributed by atoms with van der Waals surface area (Å²) in [6, 6.07) is 0. The molecule has 0 saturated carbocycles. The van der Waals surface area contributed by atoms with Crippen molar-refractivity contribution in [2.75, 3.05) is 6.54 Å². The van der Waals surface area contributed by atoms with Crippen molar-refractivity contribution in [3.05, 3.63) is 0 Å². The molecule has 0 aliphatic carbocycles. The molecule has 0 atom stereocenters. The lowest BCUT2D eigenvalue weighted by atomic mass is 10.0. The normalized spacial score (nSPS) is 10.8. The van der Waals surface area contributed by atoms with Gasteiger partial charge in [0.1, 0.15) is 5.78 Å². The number of nitrogens with one attached hydrogen (secondary N) is 1. The summed E-state index contributed by atoms with van der Waals surface area (Å²) < 4.78 is 0. The third kappa shape index (κ3) is 15.5. The van der Waals surface area contributed by atoms with Gasteiger partial charge in [-0.25, -0.2) is 0 Å². The van der Waals surface area contributed by atoms with E-state index in [9.17, 15) is 4.79 Å². The Morgan fingerprint density at radius 1 is 0.789 bits per heavy atom. The Kier molecular flexibility index (Phi) is 15.3. The fraction of sp³-hybridized carbons (Fsp3) is 0.938. The SMILES string of the molecule is CCCCCCCCCCCCCCC(=O)CNO. The molecule has 0 saturated heterocycles. The van der Waals surface area contributed by atoms with Gasteiger partial charge < -0.3 is 5.21 Å². The second-order valence-corrected chi connectivity index (χ2v) is 5.51. The second-order valence-electron chi connectivity index (χ2n) is 5.51. The lowest BCUT2D eigenvalue weighted by Crippen LogP contribution is -2.18. The van der Waals surface area contributed by atoms with Crippen LogP contribution in [0.25, 0.3) is 0 Å². The van der Waals surface area contributed by atoms with Gasteiger partial charge in [0, 0.05) is 6.42 Å². The molecule has 0 fully saturated rings.